The van der Waals surface area contributed by atoms with Crippen molar-refractivity contribution in [2.24, 2.45) is 0 Å². The number of carbonyl (C=O) groups excluding carboxylic acids is 1. The van der Waals surface area contributed by atoms with Crippen molar-refractivity contribution in [3.63, 3.8) is 0 Å². The van der Waals surface area contributed by atoms with E-state index in [1.165, 1.54) is 6.42 Å². The Morgan fingerprint density at radius 1 is 1.33 bits per heavy atom. The molecule has 1 atom stereocenters. The van der Waals surface area contributed by atoms with Gasteiger partial charge in [0.2, 0.25) is 0 Å². The normalized spacial score (nSPS) is 17.4. The van der Waals surface area contributed by atoms with Crippen LogP contribution in [0, 0.1) is 0 Å². The summed E-state index contributed by atoms with van der Waals surface area (Å²) < 4.78 is 11.1. The second-order valence-electron chi connectivity index (χ2n) is 5.51. The summed E-state index contributed by atoms with van der Waals surface area (Å²) in [4.78, 5) is 12.1. The van der Waals surface area contributed by atoms with Gasteiger partial charge in [0.1, 0.15) is 5.75 Å². The number of hydrogen-bond acceptors (Lipinski definition) is 4. The predicted octanol–water partition coefficient (Wildman–Crippen LogP) is 3.22. The Morgan fingerprint density at radius 3 is 2.76 bits per heavy atom. The summed E-state index contributed by atoms with van der Waals surface area (Å²) >= 11 is 0. The highest BCUT2D eigenvalue weighted by Crippen LogP contribution is 2.23. The van der Waals surface area contributed by atoms with E-state index in [2.05, 4.69) is 0 Å². The van der Waals surface area contributed by atoms with Crippen LogP contribution in [-0.4, -0.2) is 29.9 Å². The maximum absolute atomic E-state index is 12.1. The Hall–Kier alpha value is -1.55. The van der Waals surface area contributed by atoms with Gasteiger partial charge in [-0.3, -0.25) is 0 Å². The fourth-order valence-electron chi connectivity index (χ4n) is 2.75. The molecule has 4 heteroatoms. The number of phenolic OH excluding ortho intramolecular Hbond substituents is 1. The molecule has 0 heterocycles. The second kappa shape index (κ2) is 8.03. The van der Waals surface area contributed by atoms with E-state index < -0.39 is 6.10 Å². The minimum absolute atomic E-state index is 0.144. The van der Waals surface area contributed by atoms with Gasteiger partial charge in [0, 0.05) is 6.42 Å². The molecule has 1 saturated carbocycles. The third-order valence-corrected chi connectivity index (χ3v) is 3.79. The first-order valence-corrected chi connectivity index (χ1v) is 7.79. The maximum Gasteiger partial charge on any atom is 0.335 e. The molecule has 116 valence electrons. The molecule has 1 unspecified atom stereocenters. The minimum Gasteiger partial charge on any atom is -0.508 e. The smallest absolute Gasteiger partial charge is 0.335 e. The highest BCUT2D eigenvalue weighted by molar-refractivity contribution is 5.75. The van der Waals surface area contributed by atoms with Crippen molar-refractivity contribution in [1.29, 1.82) is 0 Å². The van der Waals surface area contributed by atoms with Gasteiger partial charge < -0.3 is 14.6 Å². The monoisotopic (exact) mass is 292 g/mol. The number of rotatable bonds is 6. The van der Waals surface area contributed by atoms with Crippen molar-refractivity contribution < 1.29 is 19.4 Å². The van der Waals surface area contributed by atoms with E-state index in [0.717, 1.165) is 31.2 Å². The maximum atomic E-state index is 12.1. The summed E-state index contributed by atoms with van der Waals surface area (Å²) in [5, 5.41) is 9.53. The number of hydrogen-bond donors (Lipinski definition) is 1. The molecule has 2 rings (SSSR count). The lowest BCUT2D eigenvalue weighted by molar-refractivity contribution is -0.161. The molecule has 1 aromatic carbocycles. The van der Waals surface area contributed by atoms with Gasteiger partial charge in [-0.25, -0.2) is 4.79 Å². The fraction of sp³-hybridized carbons (Fsp3) is 0.588. The molecule has 21 heavy (non-hydrogen) atoms. The summed E-state index contributed by atoms with van der Waals surface area (Å²) in [7, 11) is 0. The molecule has 1 aromatic rings. The lowest BCUT2D eigenvalue weighted by Gasteiger charge is -2.26. The number of carbonyl (C=O) groups is 1. The van der Waals surface area contributed by atoms with Gasteiger partial charge in [0.15, 0.2) is 6.10 Å². The van der Waals surface area contributed by atoms with Gasteiger partial charge in [-0.1, -0.05) is 31.4 Å². The molecule has 0 radical (unpaired) electrons. The molecule has 0 aliphatic heterocycles. The largest absolute Gasteiger partial charge is 0.508 e. The Balaban J connectivity index is 2.02. The lowest BCUT2D eigenvalue weighted by atomic mass is 9.97. The molecule has 0 saturated heterocycles. The average molecular weight is 292 g/mol. The molecule has 4 nitrogen and oxygen atoms in total. The minimum atomic E-state index is -0.588. The summed E-state index contributed by atoms with van der Waals surface area (Å²) in [6.07, 6.45) is 5.57. The molecule has 1 aliphatic rings. The first-order valence-electron chi connectivity index (χ1n) is 7.79. The van der Waals surface area contributed by atoms with Crippen molar-refractivity contribution in [1.82, 2.24) is 0 Å². The van der Waals surface area contributed by atoms with E-state index in [-0.39, 0.29) is 17.8 Å². The van der Waals surface area contributed by atoms with Gasteiger partial charge >= 0.3 is 5.97 Å². The molecule has 1 N–H and O–H groups in total. The third kappa shape index (κ3) is 5.05. The van der Waals surface area contributed by atoms with Crippen LogP contribution in [0.5, 0.6) is 5.75 Å². The van der Waals surface area contributed by atoms with Crippen LogP contribution in [0.3, 0.4) is 0 Å². The van der Waals surface area contributed by atoms with Gasteiger partial charge in [0.05, 0.1) is 12.7 Å². The van der Waals surface area contributed by atoms with E-state index in [1.807, 2.05) is 6.07 Å². The van der Waals surface area contributed by atoms with Crippen LogP contribution in [0.1, 0.15) is 44.6 Å². The van der Waals surface area contributed by atoms with E-state index in [0.29, 0.717) is 13.0 Å². The van der Waals surface area contributed by atoms with E-state index >= 15 is 0 Å². The first-order chi connectivity index (χ1) is 10.2. The van der Waals surface area contributed by atoms with Crippen LogP contribution in [0.25, 0.3) is 0 Å². The SMILES string of the molecule is CCOC(=O)C(Cc1cccc(O)c1)OC1CCCCC1. The van der Waals surface area contributed by atoms with E-state index in [4.69, 9.17) is 9.47 Å². The van der Waals surface area contributed by atoms with Gasteiger partial charge in [-0.2, -0.15) is 0 Å². The Bertz CT molecular complexity index is 452. The number of phenols is 1. The predicted molar refractivity (Wildman–Crippen MR) is 80.2 cm³/mol. The van der Waals surface area contributed by atoms with Gasteiger partial charge in [0.25, 0.3) is 0 Å². The van der Waals surface area contributed by atoms with Crippen LogP contribution in [0.4, 0.5) is 0 Å². The zero-order valence-corrected chi connectivity index (χ0v) is 12.6. The van der Waals surface area contributed by atoms with Crippen LogP contribution in [0.15, 0.2) is 24.3 Å². The highest BCUT2D eigenvalue weighted by Gasteiger charge is 2.26. The zero-order valence-electron chi connectivity index (χ0n) is 12.6. The Labute approximate surface area is 126 Å². The third-order valence-electron chi connectivity index (χ3n) is 3.79. The summed E-state index contributed by atoms with van der Waals surface area (Å²) in [6.45, 7) is 2.15. The molecule has 0 aromatic heterocycles. The Morgan fingerprint density at radius 2 is 2.10 bits per heavy atom. The summed E-state index contributed by atoms with van der Waals surface area (Å²) in [6, 6.07) is 6.94. The number of ether oxygens (including phenoxy) is 2. The molecule has 1 fully saturated rings. The average Bonchev–Trinajstić information content (AvgIpc) is 2.48. The first kappa shape index (κ1) is 15.8. The fourth-order valence-corrected chi connectivity index (χ4v) is 2.75. The number of aromatic hydroxyl groups is 1. The molecule has 0 bridgehead atoms. The van der Waals surface area contributed by atoms with Crippen LogP contribution in [0.2, 0.25) is 0 Å². The lowest BCUT2D eigenvalue weighted by Crippen LogP contribution is -2.34. The topological polar surface area (TPSA) is 55.8 Å². The van der Waals surface area contributed by atoms with Crippen molar-refractivity contribution >= 4 is 5.97 Å². The molecule has 0 amide bonds. The standard InChI is InChI=1S/C17H24O4/c1-2-20-17(19)16(21-15-9-4-3-5-10-15)12-13-7-6-8-14(18)11-13/h6-8,11,15-16,18H,2-5,9-10,12H2,1H3. The van der Waals surface area contributed by atoms with Crippen LogP contribution < -0.4 is 0 Å². The second-order valence-corrected chi connectivity index (χ2v) is 5.51. The zero-order chi connectivity index (χ0) is 15.1. The molecular weight excluding hydrogens is 268 g/mol. The number of benzene rings is 1. The Kier molecular flexibility index (Phi) is 6.05. The van der Waals surface area contributed by atoms with Crippen molar-refractivity contribution in [2.75, 3.05) is 6.61 Å². The molecule has 0 spiro atoms. The van der Waals surface area contributed by atoms with Crippen molar-refractivity contribution in [3.8, 4) is 5.75 Å². The van der Waals surface area contributed by atoms with Crippen molar-refractivity contribution in [3.05, 3.63) is 29.8 Å². The van der Waals surface area contributed by atoms with Gasteiger partial charge in [-0.05, 0) is 37.5 Å². The highest BCUT2D eigenvalue weighted by atomic mass is 16.6. The molecule has 1 aliphatic carbocycles. The van der Waals surface area contributed by atoms with Gasteiger partial charge in [-0.15, -0.1) is 0 Å². The van der Waals surface area contributed by atoms with E-state index in [1.54, 1.807) is 25.1 Å². The number of esters is 1. The summed E-state index contributed by atoms with van der Waals surface area (Å²) in [5.41, 5.74) is 0.879. The quantitative estimate of drug-likeness (QED) is 0.818. The van der Waals surface area contributed by atoms with Crippen LogP contribution >= 0.6 is 0 Å². The van der Waals surface area contributed by atoms with E-state index in [9.17, 15) is 9.90 Å². The molecular formula is C17H24O4. The van der Waals surface area contributed by atoms with Crippen molar-refractivity contribution in [2.45, 2.75) is 57.7 Å². The van der Waals surface area contributed by atoms with Crippen LogP contribution in [-0.2, 0) is 20.7 Å². The summed E-state index contributed by atoms with van der Waals surface area (Å²) in [5.74, 6) is -0.112.